The van der Waals surface area contributed by atoms with Crippen molar-refractivity contribution in [3.05, 3.63) is 0 Å². The van der Waals surface area contributed by atoms with Gasteiger partial charge in [-0.25, -0.2) is 0 Å². The first-order valence-electron chi connectivity index (χ1n) is 8.64. The van der Waals surface area contributed by atoms with E-state index in [4.69, 9.17) is 0 Å². The molecule has 1 atom stereocenters. The van der Waals surface area contributed by atoms with Gasteiger partial charge in [0.15, 0.2) is 0 Å². The summed E-state index contributed by atoms with van der Waals surface area (Å²) in [6, 6.07) is 0. The van der Waals surface area contributed by atoms with E-state index in [-0.39, 0.29) is 11.3 Å². The second-order valence-corrected chi connectivity index (χ2v) is 6.74. The van der Waals surface area contributed by atoms with E-state index < -0.39 is 0 Å². The Labute approximate surface area is 125 Å². The topological polar surface area (TPSA) is 41.1 Å². The molecule has 1 amide bonds. The molecular formula is C17H34N2O. The molecule has 1 unspecified atom stereocenters. The highest BCUT2D eigenvalue weighted by molar-refractivity contribution is 5.75. The van der Waals surface area contributed by atoms with Gasteiger partial charge in [-0.15, -0.1) is 0 Å². The Morgan fingerprint density at radius 1 is 1.15 bits per heavy atom. The third-order valence-electron chi connectivity index (χ3n) is 4.41. The summed E-state index contributed by atoms with van der Waals surface area (Å²) in [5.41, 5.74) is 0.258. The van der Waals surface area contributed by atoms with Crippen LogP contribution in [0.15, 0.2) is 0 Å². The molecule has 1 rings (SSSR count). The molecule has 0 aliphatic carbocycles. The van der Waals surface area contributed by atoms with Crippen LogP contribution >= 0.6 is 0 Å². The van der Waals surface area contributed by atoms with Crippen molar-refractivity contribution >= 4 is 5.91 Å². The molecule has 3 nitrogen and oxygen atoms in total. The Balaban J connectivity index is 1.97. The molecule has 1 fully saturated rings. The molecule has 3 heteroatoms. The first-order chi connectivity index (χ1) is 9.66. The summed E-state index contributed by atoms with van der Waals surface area (Å²) in [5.74, 6) is 0.241. The zero-order valence-corrected chi connectivity index (χ0v) is 13.6. The summed E-state index contributed by atoms with van der Waals surface area (Å²) in [5, 5.41) is 6.55. The van der Waals surface area contributed by atoms with Gasteiger partial charge in [0.25, 0.3) is 0 Å². The van der Waals surface area contributed by atoms with E-state index >= 15 is 0 Å². The highest BCUT2D eigenvalue weighted by Crippen LogP contribution is 2.24. The van der Waals surface area contributed by atoms with Crippen LogP contribution in [0, 0.1) is 5.41 Å². The van der Waals surface area contributed by atoms with Crippen LogP contribution in [-0.4, -0.2) is 25.5 Å². The first kappa shape index (κ1) is 17.5. The zero-order chi connectivity index (χ0) is 14.7. The monoisotopic (exact) mass is 282 g/mol. The SMILES string of the molecule is CCCCCCCCCC(=O)NCC1(C)CCCNC1. The summed E-state index contributed by atoms with van der Waals surface area (Å²) in [6.45, 7) is 7.50. The van der Waals surface area contributed by atoms with Gasteiger partial charge in [0.1, 0.15) is 0 Å². The lowest BCUT2D eigenvalue weighted by Crippen LogP contribution is -2.45. The lowest BCUT2D eigenvalue weighted by molar-refractivity contribution is -0.121. The second kappa shape index (κ2) is 10.2. The van der Waals surface area contributed by atoms with Gasteiger partial charge in [-0.3, -0.25) is 4.79 Å². The predicted molar refractivity (Wildman–Crippen MR) is 85.8 cm³/mol. The molecule has 1 saturated heterocycles. The maximum atomic E-state index is 11.8. The van der Waals surface area contributed by atoms with Crippen molar-refractivity contribution in [3.8, 4) is 0 Å². The number of carbonyl (C=O) groups excluding carboxylic acids is 1. The molecule has 0 radical (unpaired) electrons. The lowest BCUT2D eigenvalue weighted by Gasteiger charge is -2.34. The van der Waals surface area contributed by atoms with E-state index in [1.807, 2.05) is 0 Å². The van der Waals surface area contributed by atoms with Crippen molar-refractivity contribution in [2.45, 2.75) is 78.1 Å². The zero-order valence-electron chi connectivity index (χ0n) is 13.6. The fraction of sp³-hybridized carbons (Fsp3) is 0.941. The fourth-order valence-electron chi connectivity index (χ4n) is 2.91. The standard InChI is InChI=1S/C17H34N2O/c1-3-4-5-6-7-8-9-11-16(20)19-15-17(2)12-10-13-18-14-17/h18H,3-15H2,1-2H3,(H,19,20). The van der Waals surface area contributed by atoms with E-state index in [0.29, 0.717) is 6.42 Å². The van der Waals surface area contributed by atoms with Crippen LogP contribution < -0.4 is 10.6 Å². The number of amides is 1. The molecule has 20 heavy (non-hydrogen) atoms. The molecule has 0 saturated carbocycles. The molecule has 2 N–H and O–H groups in total. The third-order valence-corrected chi connectivity index (χ3v) is 4.41. The Bertz CT molecular complexity index is 260. The van der Waals surface area contributed by atoms with Crippen molar-refractivity contribution in [2.24, 2.45) is 5.41 Å². The Hall–Kier alpha value is -0.570. The van der Waals surface area contributed by atoms with Gasteiger partial charge in [-0.2, -0.15) is 0 Å². The molecule has 1 aliphatic heterocycles. The number of rotatable bonds is 10. The summed E-state index contributed by atoms with van der Waals surface area (Å²) >= 11 is 0. The minimum Gasteiger partial charge on any atom is -0.356 e. The van der Waals surface area contributed by atoms with Gasteiger partial charge < -0.3 is 10.6 Å². The summed E-state index contributed by atoms with van der Waals surface area (Å²) in [4.78, 5) is 11.8. The minimum atomic E-state index is 0.241. The predicted octanol–water partition coefficient (Wildman–Crippen LogP) is 3.63. The molecule has 0 aromatic carbocycles. The molecule has 1 aliphatic rings. The minimum absolute atomic E-state index is 0.241. The maximum Gasteiger partial charge on any atom is 0.220 e. The Morgan fingerprint density at radius 2 is 1.85 bits per heavy atom. The Kier molecular flexibility index (Phi) is 8.92. The first-order valence-corrected chi connectivity index (χ1v) is 8.64. The fourth-order valence-corrected chi connectivity index (χ4v) is 2.91. The average molecular weight is 282 g/mol. The van der Waals surface area contributed by atoms with E-state index in [2.05, 4.69) is 24.5 Å². The van der Waals surface area contributed by atoms with Crippen LogP contribution in [0.4, 0.5) is 0 Å². The quantitative estimate of drug-likeness (QED) is 0.601. The molecule has 1 heterocycles. The van der Waals surface area contributed by atoms with E-state index in [9.17, 15) is 4.79 Å². The average Bonchev–Trinajstić information content (AvgIpc) is 2.45. The highest BCUT2D eigenvalue weighted by atomic mass is 16.1. The van der Waals surface area contributed by atoms with Crippen LogP contribution in [0.3, 0.4) is 0 Å². The molecule has 0 aromatic heterocycles. The number of unbranched alkanes of at least 4 members (excludes halogenated alkanes) is 6. The number of hydrogen-bond donors (Lipinski definition) is 2. The third kappa shape index (κ3) is 7.88. The number of piperidine rings is 1. The van der Waals surface area contributed by atoms with Gasteiger partial charge in [0.2, 0.25) is 5.91 Å². The molecule has 0 bridgehead atoms. The van der Waals surface area contributed by atoms with Gasteiger partial charge in [0.05, 0.1) is 0 Å². The van der Waals surface area contributed by atoms with Crippen LogP contribution in [0.25, 0.3) is 0 Å². The van der Waals surface area contributed by atoms with Gasteiger partial charge >= 0.3 is 0 Å². The number of nitrogens with one attached hydrogen (secondary N) is 2. The van der Waals surface area contributed by atoms with Crippen LogP contribution in [-0.2, 0) is 4.79 Å². The maximum absolute atomic E-state index is 11.8. The van der Waals surface area contributed by atoms with Crippen molar-refractivity contribution < 1.29 is 4.79 Å². The summed E-state index contributed by atoms with van der Waals surface area (Å²) in [6.07, 6.45) is 12.0. The summed E-state index contributed by atoms with van der Waals surface area (Å²) in [7, 11) is 0. The molecule has 0 aromatic rings. The number of hydrogen-bond acceptors (Lipinski definition) is 2. The van der Waals surface area contributed by atoms with E-state index in [1.165, 1.54) is 51.4 Å². The highest BCUT2D eigenvalue weighted by Gasteiger charge is 2.26. The van der Waals surface area contributed by atoms with E-state index in [1.54, 1.807) is 0 Å². The second-order valence-electron chi connectivity index (χ2n) is 6.74. The van der Waals surface area contributed by atoms with Crippen molar-refractivity contribution in [1.82, 2.24) is 10.6 Å². The van der Waals surface area contributed by atoms with Gasteiger partial charge in [0, 0.05) is 19.5 Å². The van der Waals surface area contributed by atoms with Crippen LogP contribution in [0.5, 0.6) is 0 Å². The van der Waals surface area contributed by atoms with E-state index in [0.717, 1.165) is 26.1 Å². The molecule has 0 spiro atoms. The van der Waals surface area contributed by atoms with Crippen molar-refractivity contribution in [1.29, 1.82) is 0 Å². The smallest absolute Gasteiger partial charge is 0.220 e. The van der Waals surface area contributed by atoms with Gasteiger partial charge in [-0.1, -0.05) is 52.4 Å². The van der Waals surface area contributed by atoms with Crippen molar-refractivity contribution in [3.63, 3.8) is 0 Å². The normalized spacial score (nSPS) is 22.7. The Morgan fingerprint density at radius 3 is 2.50 bits per heavy atom. The lowest BCUT2D eigenvalue weighted by atomic mass is 9.83. The largest absolute Gasteiger partial charge is 0.356 e. The van der Waals surface area contributed by atoms with Crippen LogP contribution in [0.2, 0.25) is 0 Å². The molecule has 118 valence electrons. The summed E-state index contributed by atoms with van der Waals surface area (Å²) < 4.78 is 0. The number of carbonyl (C=O) groups is 1. The van der Waals surface area contributed by atoms with Crippen LogP contribution in [0.1, 0.15) is 78.1 Å². The molecular weight excluding hydrogens is 248 g/mol. The van der Waals surface area contributed by atoms with Gasteiger partial charge in [-0.05, 0) is 31.2 Å². The van der Waals surface area contributed by atoms with Crippen molar-refractivity contribution in [2.75, 3.05) is 19.6 Å².